The van der Waals surface area contributed by atoms with E-state index in [-0.39, 0.29) is 17.7 Å². The fourth-order valence-corrected chi connectivity index (χ4v) is 11.2. The molecule has 9 aromatic rings. The van der Waals surface area contributed by atoms with Gasteiger partial charge in [-0.2, -0.15) is 0 Å². The van der Waals surface area contributed by atoms with Crippen LogP contribution in [0.4, 0.5) is 11.4 Å². The maximum Gasteiger partial charge on any atom is 0.333 e. The van der Waals surface area contributed by atoms with Gasteiger partial charge in [0.25, 0.3) is 0 Å². The largest absolute Gasteiger partial charge is 0.449 e. The first-order chi connectivity index (χ1) is 28.2. The first-order valence-electron chi connectivity index (χ1n) is 20.8. The Morgan fingerprint density at radius 3 is 1.93 bits per heavy atom. The van der Waals surface area contributed by atoms with E-state index in [1.54, 1.807) is 0 Å². The average molecular weight is 749 g/mol. The minimum absolute atomic E-state index is 0.0434. The average Bonchev–Trinajstić information content (AvgIpc) is 3.58. The number of para-hydroxylation sites is 3. The molecule has 0 fully saturated rings. The van der Waals surface area contributed by atoms with Crippen LogP contribution in [0.15, 0.2) is 133 Å². The Balaban J connectivity index is 1.21. The Bertz CT molecular complexity index is 3340. The van der Waals surface area contributed by atoms with Crippen LogP contribution in [0.25, 0.3) is 60.2 Å². The lowest BCUT2D eigenvalue weighted by Gasteiger charge is -2.46. The minimum atomic E-state index is -0.111. The smallest absolute Gasteiger partial charge is 0.333 e. The molecule has 5 heteroatoms. The van der Waals surface area contributed by atoms with Crippen LogP contribution >= 0.6 is 0 Å². The third-order valence-corrected chi connectivity index (χ3v) is 14.1. The molecule has 0 saturated heterocycles. The molecule has 0 bridgehead atoms. The number of anilines is 2. The van der Waals surface area contributed by atoms with Crippen molar-refractivity contribution >= 4 is 72.5 Å². The van der Waals surface area contributed by atoms with Crippen LogP contribution in [-0.4, -0.2) is 11.4 Å². The van der Waals surface area contributed by atoms with E-state index in [2.05, 4.69) is 153 Å². The highest BCUT2D eigenvalue weighted by molar-refractivity contribution is 6.94. The number of aromatic nitrogens is 1. The zero-order valence-electron chi connectivity index (χ0n) is 33.4. The van der Waals surface area contributed by atoms with Crippen molar-refractivity contribution in [2.24, 2.45) is 0 Å². The standard InChI is InChI=1S/C53H41BN2O2/c1-30-25-39-40(53(4,5)24-23-52(39,2)3)28-42(30)56-43-29-47-46(57-44-19-10-11-20-45(44)58-47)27-37(43)38-26-32-14-7-9-16-34(32)51-48(38)54(56)41-18-12-17-35-36-22-21-31-13-6-8-15-33(31)49(36)55(51)50(35)41/h6-22,25-29H,23-24H2,1-5H3. The lowest BCUT2D eigenvalue weighted by molar-refractivity contribution is 0.332. The van der Waals surface area contributed by atoms with Crippen molar-refractivity contribution in [2.45, 2.75) is 58.3 Å². The van der Waals surface area contributed by atoms with Crippen molar-refractivity contribution < 1.29 is 9.47 Å². The number of hydrogen-bond donors (Lipinski definition) is 0. The molecule has 0 saturated carbocycles. The first-order valence-corrected chi connectivity index (χ1v) is 20.8. The summed E-state index contributed by atoms with van der Waals surface area (Å²) in [5, 5.41) is 7.56. The summed E-state index contributed by atoms with van der Waals surface area (Å²) in [5.74, 6) is 2.94. The van der Waals surface area contributed by atoms with Gasteiger partial charge in [0.1, 0.15) is 0 Å². The van der Waals surface area contributed by atoms with Crippen LogP contribution < -0.4 is 25.2 Å². The molecule has 4 nitrogen and oxygen atoms in total. The summed E-state index contributed by atoms with van der Waals surface area (Å²) in [5.41, 5.74) is 15.6. The fraction of sp³-hybridized carbons (Fsp3) is 0.170. The summed E-state index contributed by atoms with van der Waals surface area (Å²) in [6, 6.07) is 49.5. The number of aryl methyl sites for hydroxylation is 1. The number of fused-ring (bicyclic) bond motifs is 14. The Kier molecular flexibility index (Phi) is 6.15. The molecule has 4 aliphatic rings. The molecule has 58 heavy (non-hydrogen) atoms. The molecule has 13 rings (SSSR count). The normalized spacial score (nSPS) is 16.4. The lowest BCUT2D eigenvalue weighted by Crippen LogP contribution is -2.60. The third-order valence-electron chi connectivity index (χ3n) is 14.1. The number of nitrogens with zero attached hydrogens (tertiary/aromatic N) is 2. The highest BCUT2D eigenvalue weighted by atomic mass is 16.6. The van der Waals surface area contributed by atoms with E-state index in [1.807, 2.05) is 24.3 Å². The molecule has 0 spiro atoms. The van der Waals surface area contributed by atoms with Crippen molar-refractivity contribution in [3.05, 3.63) is 150 Å². The van der Waals surface area contributed by atoms with Gasteiger partial charge in [-0.05, 0) is 105 Å². The topological polar surface area (TPSA) is 26.6 Å². The summed E-state index contributed by atoms with van der Waals surface area (Å²) in [6.45, 7) is 11.9. The van der Waals surface area contributed by atoms with E-state index in [4.69, 9.17) is 9.47 Å². The highest BCUT2D eigenvalue weighted by Gasteiger charge is 2.47. The van der Waals surface area contributed by atoms with Crippen molar-refractivity contribution in [3.8, 4) is 39.8 Å². The van der Waals surface area contributed by atoms with E-state index in [1.165, 1.54) is 94.3 Å². The molecule has 0 atom stereocenters. The van der Waals surface area contributed by atoms with Crippen molar-refractivity contribution in [1.29, 1.82) is 0 Å². The van der Waals surface area contributed by atoms with Crippen LogP contribution in [0.2, 0.25) is 0 Å². The van der Waals surface area contributed by atoms with Gasteiger partial charge < -0.3 is 18.9 Å². The van der Waals surface area contributed by atoms with Crippen LogP contribution in [-0.2, 0) is 10.8 Å². The molecule has 0 radical (unpaired) electrons. The summed E-state index contributed by atoms with van der Waals surface area (Å²) in [7, 11) is 0. The van der Waals surface area contributed by atoms with Gasteiger partial charge in [-0.1, -0.05) is 125 Å². The van der Waals surface area contributed by atoms with Gasteiger partial charge in [0.05, 0.1) is 16.7 Å². The SMILES string of the molecule is Cc1cc2c(cc1N1B3c4c(cc5ccccc5c4-n4c5c3cccc5c3ccc5ccccc5c34)-c3cc4c(cc31)Oc1ccccc1O4)C(C)(C)CCC2(C)C. The van der Waals surface area contributed by atoms with Gasteiger partial charge in [-0.3, -0.25) is 0 Å². The van der Waals surface area contributed by atoms with E-state index >= 15 is 0 Å². The molecule has 3 aliphatic heterocycles. The molecule has 1 aromatic heterocycles. The predicted molar refractivity (Wildman–Crippen MR) is 241 cm³/mol. The second-order valence-corrected chi connectivity index (χ2v) is 18.4. The fourth-order valence-electron chi connectivity index (χ4n) is 11.2. The van der Waals surface area contributed by atoms with Gasteiger partial charge >= 0.3 is 6.85 Å². The van der Waals surface area contributed by atoms with Crippen molar-refractivity contribution in [2.75, 3.05) is 4.81 Å². The second kappa shape index (κ2) is 10.9. The van der Waals surface area contributed by atoms with E-state index < -0.39 is 0 Å². The maximum atomic E-state index is 6.71. The first kappa shape index (κ1) is 32.6. The number of hydrogen-bond acceptors (Lipinski definition) is 3. The number of rotatable bonds is 1. The van der Waals surface area contributed by atoms with E-state index in [0.29, 0.717) is 0 Å². The Hall–Kier alpha value is -6.46. The van der Waals surface area contributed by atoms with Gasteiger partial charge in [0.15, 0.2) is 23.0 Å². The molecule has 0 N–H and O–H groups in total. The van der Waals surface area contributed by atoms with Gasteiger partial charge in [-0.25, -0.2) is 0 Å². The summed E-state index contributed by atoms with van der Waals surface area (Å²) < 4.78 is 16.0. The van der Waals surface area contributed by atoms with Gasteiger partial charge in [0, 0.05) is 44.5 Å². The molecule has 0 amide bonds. The van der Waals surface area contributed by atoms with Crippen molar-refractivity contribution in [3.63, 3.8) is 0 Å². The van der Waals surface area contributed by atoms with Crippen LogP contribution in [0.1, 0.15) is 57.2 Å². The third kappa shape index (κ3) is 4.11. The van der Waals surface area contributed by atoms with Crippen molar-refractivity contribution in [1.82, 2.24) is 4.57 Å². The molecular weight excluding hydrogens is 707 g/mol. The lowest BCUT2D eigenvalue weighted by atomic mass is 9.43. The molecule has 8 aromatic carbocycles. The molecular formula is C53H41BN2O2. The summed E-state index contributed by atoms with van der Waals surface area (Å²) >= 11 is 0. The zero-order chi connectivity index (χ0) is 38.8. The Morgan fingerprint density at radius 2 is 1.16 bits per heavy atom. The molecule has 278 valence electrons. The Labute approximate surface area is 338 Å². The molecule has 0 unspecified atom stereocenters. The minimum Gasteiger partial charge on any atom is -0.449 e. The van der Waals surface area contributed by atoms with Gasteiger partial charge in [0.2, 0.25) is 0 Å². The summed E-state index contributed by atoms with van der Waals surface area (Å²) in [6.07, 6.45) is 2.33. The zero-order valence-corrected chi connectivity index (χ0v) is 33.4. The quantitative estimate of drug-likeness (QED) is 0.156. The van der Waals surface area contributed by atoms with Gasteiger partial charge in [-0.15, -0.1) is 0 Å². The highest BCUT2D eigenvalue weighted by Crippen LogP contribution is 2.55. The van der Waals surface area contributed by atoms with E-state index in [0.717, 1.165) is 40.7 Å². The maximum absolute atomic E-state index is 6.71. The monoisotopic (exact) mass is 748 g/mol. The molecule has 4 heterocycles. The second-order valence-electron chi connectivity index (χ2n) is 18.4. The molecule has 1 aliphatic carbocycles. The Morgan fingerprint density at radius 1 is 0.517 bits per heavy atom. The number of benzene rings is 8. The summed E-state index contributed by atoms with van der Waals surface area (Å²) in [4.78, 5) is 2.67. The van der Waals surface area contributed by atoms with Crippen LogP contribution in [0.5, 0.6) is 23.0 Å². The van der Waals surface area contributed by atoms with Crippen LogP contribution in [0.3, 0.4) is 0 Å². The number of ether oxygens (including phenoxy) is 2. The van der Waals surface area contributed by atoms with Crippen LogP contribution in [0, 0.1) is 6.92 Å². The van der Waals surface area contributed by atoms with E-state index in [9.17, 15) is 0 Å². The predicted octanol–water partition coefficient (Wildman–Crippen LogP) is 12.9.